The molecule has 6 amide bonds. The highest BCUT2D eigenvalue weighted by Crippen LogP contribution is 2.36. The molecular formula is C101H137Br2ClN16O11. The monoisotopic (exact) mass is 1940 g/mol. The molecule has 7 unspecified atom stereocenters. The van der Waals surface area contributed by atoms with Gasteiger partial charge in [-0.15, -0.1) is 11.6 Å². The Morgan fingerprint density at radius 1 is 0.427 bits per heavy atom. The Bertz CT molecular complexity index is 4740. The molecule has 9 atom stereocenters. The second kappa shape index (κ2) is 50.4. The number of β-lactam (4-membered cyclic amide) rings is 5. The van der Waals surface area contributed by atoms with Crippen LogP contribution < -0.4 is 31.9 Å². The number of alkyl halides is 3. The topological polar surface area (TPSA) is 269 Å². The quantitative estimate of drug-likeness (QED) is 0.0211. The Hall–Kier alpha value is -8.89. The summed E-state index contributed by atoms with van der Waals surface area (Å²) in [5.41, 5.74) is 6.98. The van der Waals surface area contributed by atoms with Crippen LogP contribution in [-0.4, -0.2) is 325 Å². The first-order chi connectivity index (χ1) is 63.4. The minimum atomic E-state index is -0.697. The highest BCUT2D eigenvalue weighted by molar-refractivity contribution is 9.12. The van der Waals surface area contributed by atoms with Crippen LogP contribution in [0.5, 0.6) is 0 Å². The number of piperazine rings is 5. The minimum absolute atomic E-state index is 0.00325. The number of ether oxygens (including phenoxy) is 3. The molecule has 7 aromatic rings. The number of carbonyl (C=O) groups excluding carboxylic acids is 8. The van der Waals surface area contributed by atoms with Gasteiger partial charge >= 0.3 is 11.9 Å². The smallest absolute Gasteiger partial charge is 0.324 e. The lowest BCUT2D eigenvalue weighted by atomic mass is 9.80. The third kappa shape index (κ3) is 27.2. The van der Waals surface area contributed by atoms with E-state index in [0.717, 1.165) is 163 Å². The van der Waals surface area contributed by atoms with E-state index < -0.39 is 5.54 Å². The number of carbonyl (C=O) groups is 8. The van der Waals surface area contributed by atoms with E-state index in [4.69, 9.17) is 9.47 Å². The second-order valence-corrected chi connectivity index (χ2v) is 37.5. The van der Waals surface area contributed by atoms with Gasteiger partial charge in [0, 0.05) is 175 Å². The number of nitrogens with zero attached hydrogens (tertiary/aromatic N) is 10. The number of halogens is 3. The van der Waals surface area contributed by atoms with Crippen molar-refractivity contribution in [2.75, 3.05) is 184 Å². The summed E-state index contributed by atoms with van der Waals surface area (Å²) in [4.78, 5) is 118. The molecule has 131 heavy (non-hydrogen) atoms. The van der Waals surface area contributed by atoms with Gasteiger partial charge in [-0.3, -0.25) is 73.1 Å². The van der Waals surface area contributed by atoms with E-state index in [1.54, 1.807) is 11.8 Å². The van der Waals surface area contributed by atoms with Crippen LogP contribution >= 0.6 is 43.5 Å². The van der Waals surface area contributed by atoms with E-state index in [1.807, 2.05) is 114 Å². The Balaban J connectivity index is 0.000000150. The maximum atomic E-state index is 13.1. The molecule has 11 heterocycles. The molecule has 11 aliphatic rings. The number of hydrogen-bond donors (Lipinski definition) is 6. The Kier molecular flexibility index (Phi) is 39.5. The number of likely N-dealkylation sites (N-methyl/N-ethyl adjacent to an activating group) is 3. The lowest BCUT2D eigenvalue weighted by molar-refractivity contribution is -0.166. The number of nitrogens with one attached hydrogen (secondary N) is 6. The zero-order chi connectivity index (χ0) is 93.4. The predicted octanol–water partition coefficient (Wildman–Crippen LogP) is 8.48. The van der Waals surface area contributed by atoms with Gasteiger partial charge in [0.05, 0.1) is 38.4 Å². The summed E-state index contributed by atoms with van der Waals surface area (Å²) in [6.07, 6.45) is 4.67. The Labute approximate surface area is 797 Å². The second-order valence-electron chi connectivity index (χ2n) is 35.7. The maximum absolute atomic E-state index is 13.1. The Morgan fingerprint density at radius 2 is 0.824 bits per heavy atom. The first kappa shape index (κ1) is 103. The van der Waals surface area contributed by atoms with Gasteiger partial charge in [-0.1, -0.05) is 251 Å². The molecular weight excluding hydrogens is 1810 g/mol. The van der Waals surface area contributed by atoms with Crippen molar-refractivity contribution in [2.45, 2.75) is 138 Å². The average Bonchev–Trinajstić information content (AvgIpc) is 0.733. The van der Waals surface area contributed by atoms with Crippen molar-refractivity contribution in [3.63, 3.8) is 0 Å². The molecule has 0 aromatic heterocycles. The molecule has 30 heteroatoms. The molecule has 18 rings (SSSR count). The first-order valence-electron chi connectivity index (χ1n) is 46.2. The molecule has 27 nitrogen and oxygen atoms in total. The van der Waals surface area contributed by atoms with Crippen molar-refractivity contribution in [1.29, 1.82) is 0 Å². The average molecular weight is 1950 g/mol. The van der Waals surface area contributed by atoms with Crippen LogP contribution in [0, 0.1) is 5.92 Å². The molecule has 5 spiro atoms. The summed E-state index contributed by atoms with van der Waals surface area (Å²) in [7, 11) is 6.13. The number of piperidine rings is 1. The molecule has 0 saturated carbocycles. The van der Waals surface area contributed by atoms with Crippen molar-refractivity contribution in [2.24, 2.45) is 5.92 Å². The fourth-order valence-electron chi connectivity index (χ4n) is 18.5. The summed E-state index contributed by atoms with van der Waals surface area (Å²) < 4.78 is 15.9. The predicted molar refractivity (Wildman–Crippen MR) is 521 cm³/mol. The molecule has 0 bridgehead atoms. The molecule has 7 aromatic carbocycles. The van der Waals surface area contributed by atoms with E-state index in [2.05, 4.69) is 265 Å². The molecule has 708 valence electrons. The normalized spacial score (nSPS) is 25.0. The summed E-state index contributed by atoms with van der Waals surface area (Å²) in [5, 5.41) is 18.2. The number of esters is 2. The van der Waals surface area contributed by atoms with E-state index in [0.29, 0.717) is 51.3 Å². The lowest BCUT2D eigenvalue weighted by Gasteiger charge is -2.54. The van der Waals surface area contributed by atoms with Crippen molar-refractivity contribution in [3.8, 4) is 0 Å². The van der Waals surface area contributed by atoms with E-state index in [9.17, 15) is 38.4 Å². The summed E-state index contributed by atoms with van der Waals surface area (Å²) in [5.74, 6) is 0.0854. The molecule has 11 aliphatic heterocycles. The van der Waals surface area contributed by atoms with Gasteiger partial charge in [0.1, 0.15) is 33.0 Å². The number of hydrogen-bond acceptors (Lipinski definition) is 21. The van der Waals surface area contributed by atoms with Crippen molar-refractivity contribution >= 4 is 90.8 Å². The largest absolute Gasteiger partial charge is 0.465 e. The molecule has 11 fully saturated rings. The van der Waals surface area contributed by atoms with Crippen LogP contribution in [0.4, 0.5) is 0 Å². The SMILES string of the molecule is CCOC(=O)C(Br)CBr.CCOC(=O)C1CN(Cc2ccccc2)CCN1Cc1ccccc1.CCl.CN1CCN(Cc2ccccc2)C2(CNC2=O)C1.CN1CCNC2(CNC2=O)C1.C[C@H](C(=O)N1CCN(C)CC12CNC2=O)[C@@H](C)OCc1ccccc1.O=C1NCC12CCCCN2Cc1ccccc1.O=C1NCC12CN(Cc1ccccc1)CCN2Cc1ccccc1. The number of amides is 6. The van der Waals surface area contributed by atoms with E-state index in [-0.39, 0.29) is 92.4 Å². The number of benzene rings is 7. The third-order valence-electron chi connectivity index (χ3n) is 26.5. The van der Waals surface area contributed by atoms with Gasteiger partial charge in [0.25, 0.3) is 0 Å². The van der Waals surface area contributed by atoms with Crippen LogP contribution in [-0.2, 0) is 98.4 Å². The van der Waals surface area contributed by atoms with Gasteiger partial charge in [0.15, 0.2) is 5.54 Å². The van der Waals surface area contributed by atoms with Crippen LogP contribution in [0.2, 0.25) is 0 Å². The summed E-state index contributed by atoms with van der Waals surface area (Å²) >= 11 is 10.9. The fraction of sp³-hybridized carbons (Fsp3) is 0.505. The van der Waals surface area contributed by atoms with Crippen LogP contribution in [0.1, 0.15) is 85.9 Å². The van der Waals surface area contributed by atoms with Crippen LogP contribution in [0.3, 0.4) is 0 Å². The molecule has 0 radical (unpaired) electrons. The van der Waals surface area contributed by atoms with Crippen molar-refractivity contribution in [3.05, 3.63) is 251 Å². The minimum Gasteiger partial charge on any atom is -0.465 e. The highest BCUT2D eigenvalue weighted by atomic mass is 79.9. The van der Waals surface area contributed by atoms with Gasteiger partial charge < -0.3 is 60.4 Å². The van der Waals surface area contributed by atoms with E-state index >= 15 is 0 Å². The molecule has 11 saturated heterocycles. The maximum Gasteiger partial charge on any atom is 0.324 e. The van der Waals surface area contributed by atoms with Gasteiger partial charge in [-0.2, -0.15) is 0 Å². The lowest BCUT2D eigenvalue weighted by Crippen LogP contribution is -2.80. The van der Waals surface area contributed by atoms with Crippen LogP contribution in [0.15, 0.2) is 212 Å². The van der Waals surface area contributed by atoms with Gasteiger partial charge in [0.2, 0.25) is 35.4 Å². The standard InChI is InChI=1S/C21H26N2O2.C20H23N3O.C19H27N3O3.C14H19N3O.C14H18N2O.C7H13N3O.C5H8Br2O2.CH3Cl/c1-2-25-21(24)20-17-22(15-18-9-5-3-6-10-18)13-14-23(20)16-19-11-7-4-8-12-19;24-19-20(15-21-19)16-22(13-17-7-3-1-4-8-17)11-12-23(20)14-18-9-5-2-6-10-18;1-14(15(2)25-11-16-7-5-4-6-8-16)17(23)22-10-9-21(3)13-19(22)12-20-18(19)24;1-16-7-8-17(9-12-5-3-2-4-6-12)14(11-16)10-15-13(14)18;17-13-14(11-15-13)8-4-5-9-16(14)10-12-6-2-1-3-7-12;1-10-3-2-9-7(5-10)4-8-6(7)11;1-2-9-5(8)4(7)3-6;1-2/h3-12,20H,2,13-17H2,1H3;1-10H,11-16H2,(H,21,24);4-8,14-15H,9-13H2,1-3H3,(H,20,24);2-6H,7-11H2,1H3,(H,15,18);1-3,6-7H,4-5,8-11H2,(H,15,17);9H,2-5H2,1H3,(H,8,11);4H,2-3H2,1H3;1H3/t;;14-,15+,19?;;;;;/m..0...../s1. The number of rotatable bonds is 22. The number of likely N-dealkylation sites (tertiary alicyclic amines) is 1. The zero-order valence-electron chi connectivity index (χ0n) is 77.7. The van der Waals surface area contributed by atoms with Gasteiger partial charge in [-0.25, -0.2) is 0 Å². The Morgan fingerprint density at radius 3 is 1.24 bits per heavy atom. The van der Waals surface area contributed by atoms with Crippen molar-refractivity contribution < 1.29 is 52.6 Å². The molecule has 6 N–H and O–H groups in total. The third-order valence-corrected chi connectivity index (χ3v) is 28.7. The summed E-state index contributed by atoms with van der Waals surface area (Å²) in [6.45, 7) is 31.6. The van der Waals surface area contributed by atoms with Crippen LogP contribution in [0.25, 0.3) is 0 Å². The van der Waals surface area contributed by atoms with Gasteiger partial charge in [-0.05, 0) is 107 Å². The highest BCUT2D eigenvalue weighted by Gasteiger charge is 2.58. The van der Waals surface area contributed by atoms with E-state index in [1.165, 1.54) is 52.6 Å². The fourth-order valence-corrected chi connectivity index (χ4v) is 18.9. The van der Waals surface area contributed by atoms with Crippen molar-refractivity contribution in [1.82, 2.24) is 80.9 Å². The first-order valence-corrected chi connectivity index (χ1v) is 49.0. The molecule has 0 aliphatic carbocycles. The summed E-state index contributed by atoms with van der Waals surface area (Å²) in [6, 6.07) is 72.2. The zero-order valence-corrected chi connectivity index (χ0v) is 81.6.